The Morgan fingerprint density at radius 1 is 1.44 bits per heavy atom. The van der Waals surface area contributed by atoms with Gasteiger partial charge in [-0.3, -0.25) is 9.59 Å². The van der Waals surface area contributed by atoms with Crippen LogP contribution in [0, 0.1) is 5.92 Å². The molecule has 0 saturated carbocycles. The Morgan fingerprint density at radius 3 is 2.75 bits per heavy atom. The maximum Gasteiger partial charge on any atom is 0.307 e. The molecule has 4 nitrogen and oxygen atoms in total. The number of hydrogen-bond donors (Lipinski definition) is 0. The van der Waals surface area contributed by atoms with Crippen molar-refractivity contribution in [3.05, 3.63) is 12.2 Å². The summed E-state index contributed by atoms with van der Waals surface area (Å²) in [6.45, 7) is 0.436. The van der Waals surface area contributed by atoms with Crippen LogP contribution < -0.4 is 0 Å². The molecule has 0 aliphatic heterocycles. The number of carbonyl (C=O) groups excluding carboxylic acids is 2. The van der Waals surface area contributed by atoms with Crippen LogP contribution in [0.15, 0.2) is 12.2 Å². The molecule has 0 saturated heterocycles. The van der Waals surface area contributed by atoms with Crippen molar-refractivity contribution in [1.82, 2.24) is 4.90 Å². The monoisotopic (exact) mass is 225 g/mol. The minimum atomic E-state index is -0.275. The molecule has 0 spiro atoms. The molecule has 0 N–H and O–H groups in total. The first-order valence-electron chi connectivity index (χ1n) is 5.62. The van der Waals surface area contributed by atoms with E-state index in [0.717, 1.165) is 19.3 Å². The Hall–Kier alpha value is -1.32. The molecule has 4 heteroatoms. The summed E-state index contributed by atoms with van der Waals surface area (Å²) in [5.74, 6) is -0.0518. The first-order chi connectivity index (χ1) is 7.65. The van der Waals surface area contributed by atoms with Crippen LogP contribution in [0.5, 0.6) is 0 Å². The van der Waals surface area contributed by atoms with E-state index in [0.29, 0.717) is 6.54 Å². The summed E-state index contributed by atoms with van der Waals surface area (Å²) in [6, 6.07) is 0. The third-order valence-electron chi connectivity index (χ3n) is 2.87. The summed E-state index contributed by atoms with van der Waals surface area (Å²) < 4.78 is 4.54. The molecule has 90 valence electrons. The van der Waals surface area contributed by atoms with E-state index in [1.54, 1.807) is 11.9 Å². The fourth-order valence-corrected chi connectivity index (χ4v) is 1.80. The smallest absolute Gasteiger partial charge is 0.307 e. The topological polar surface area (TPSA) is 46.6 Å². The highest BCUT2D eigenvalue weighted by Crippen LogP contribution is 2.20. The zero-order chi connectivity index (χ0) is 12.0. The van der Waals surface area contributed by atoms with Crippen molar-refractivity contribution < 1.29 is 14.3 Å². The SMILES string of the molecule is COC(=O)CCN(C)C(=O)C1CC=CCC1. The van der Waals surface area contributed by atoms with E-state index in [1.807, 2.05) is 0 Å². The van der Waals surface area contributed by atoms with Crippen LogP contribution in [0.4, 0.5) is 0 Å². The largest absolute Gasteiger partial charge is 0.469 e. The van der Waals surface area contributed by atoms with Crippen LogP contribution >= 0.6 is 0 Å². The minimum Gasteiger partial charge on any atom is -0.469 e. The Kier molecular flexibility index (Phi) is 5.02. The molecule has 1 aliphatic rings. The third-order valence-corrected chi connectivity index (χ3v) is 2.87. The number of allylic oxidation sites excluding steroid dienone is 2. The Balaban J connectivity index is 2.35. The van der Waals surface area contributed by atoms with E-state index in [2.05, 4.69) is 16.9 Å². The number of carbonyl (C=O) groups is 2. The predicted molar refractivity (Wildman–Crippen MR) is 60.8 cm³/mol. The maximum atomic E-state index is 11.9. The summed E-state index contributed by atoms with van der Waals surface area (Å²) in [6.07, 6.45) is 7.14. The molecule has 0 aromatic rings. The number of ether oxygens (including phenoxy) is 1. The average Bonchev–Trinajstić information content (AvgIpc) is 2.35. The normalized spacial score (nSPS) is 19.2. The van der Waals surface area contributed by atoms with Crippen LogP contribution in [0.3, 0.4) is 0 Å². The van der Waals surface area contributed by atoms with Gasteiger partial charge in [-0.2, -0.15) is 0 Å². The zero-order valence-corrected chi connectivity index (χ0v) is 9.94. The third kappa shape index (κ3) is 3.68. The highest BCUT2D eigenvalue weighted by molar-refractivity contribution is 5.79. The maximum absolute atomic E-state index is 11.9. The van der Waals surface area contributed by atoms with Gasteiger partial charge in [0.15, 0.2) is 0 Å². The van der Waals surface area contributed by atoms with Crippen molar-refractivity contribution in [2.75, 3.05) is 20.7 Å². The first kappa shape index (κ1) is 12.7. The lowest BCUT2D eigenvalue weighted by molar-refractivity contribution is -0.142. The highest BCUT2D eigenvalue weighted by Gasteiger charge is 2.22. The van der Waals surface area contributed by atoms with Crippen molar-refractivity contribution in [1.29, 1.82) is 0 Å². The van der Waals surface area contributed by atoms with Crippen molar-refractivity contribution in [2.24, 2.45) is 5.92 Å². The molecule has 1 aliphatic carbocycles. The second-order valence-corrected chi connectivity index (χ2v) is 4.07. The summed E-state index contributed by atoms with van der Waals surface area (Å²) in [5, 5.41) is 0. The van der Waals surface area contributed by atoms with Gasteiger partial charge in [0.2, 0.25) is 5.91 Å². The molecular formula is C12H19NO3. The van der Waals surface area contributed by atoms with E-state index in [-0.39, 0.29) is 24.2 Å². The molecule has 0 radical (unpaired) electrons. The fourth-order valence-electron chi connectivity index (χ4n) is 1.80. The number of esters is 1. The molecule has 0 bridgehead atoms. The van der Waals surface area contributed by atoms with Gasteiger partial charge < -0.3 is 9.64 Å². The van der Waals surface area contributed by atoms with Gasteiger partial charge in [0, 0.05) is 19.5 Å². The lowest BCUT2D eigenvalue weighted by Crippen LogP contribution is -2.34. The van der Waals surface area contributed by atoms with E-state index >= 15 is 0 Å². The quantitative estimate of drug-likeness (QED) is 0.536. The van der Waals surface area contributed by atoms with Gasteiger partial charge >= 0.3 is 5.97 Å². The number of amides is 1. The van der Waals surface area contributed by atoms with Gasteiger partial charge in [0.25, 0.3) is 0 Å². The Bertz CT molecular complexity index is 286. The summed E-state index contributed by atoms with van der Waals surface area (Å²) in [4.78, 5) is 24.5. The van der Waals surface area contributed by atoms with Crippen LogP contribution in [-0.2, 0) is 14.3 Å². The fraction of sp³-hybridized carbons (Fsp3) is 0.667. The molecule has 0 aromatic carbocycles. The van der Waals surface area contributed by atoms with Crippen molar-refractivity contribution >= 4 is 11.9 Å². The molecule has 0 aromatic heterocycles. The number of methoxy groups -OCH3 is 1. The van der Waals surface area contributed by atoms with Crippen LogP contribution in [0.25, 0.3) is 0 Å². The van der Waals surface area contributed by atoms with Crippen LogP contribution in [0.1, 0.15) is 25.7 Å². The standard InChI is InChI=1S/C12H19NO3/c1-13(9-8-11(14)16-2)12(15)10-6-4-3-5-7-10/h3-4,10H,5-9H2,1-2H3. The van der Waals surface area contributed by atoms with E-state index in [9.17, 15) is 9.59 Å². The Labute approximate surface area is 96.3 Å². The van der Waals surface area contributed by atoms with E-state index in [1.165, 1.54) is 7.11 Å². The zero-order valence-electron chi connectivity index (χ0n) is 9.94. The van der Waals surface area contributed by atoms with Gasteiger partial charge in [-0.05, 0) is 19.3 Å². The van der Waals surface area contributed by atoms with Gasteiger partial charge in [-0.15, -0.1) is 0 Å². The van der Waals surface area contributed by atoms with E-state index < -0.39 is 0 Å². The van der Waals surface area contributed by atoms with E-state index in [4.69, 9.17) is 0 Å². The van der Waals surface area contributed by atoms with Crippen molar-refractivity contribution in [3.8, 4) is 0 Å². The molecule has 1 unspecified atom stereocenters. The van der Waals surface area contributed by atoms with Gasteiger partial charge in [0.1, 0.15) is 0 Å². The predicted octanol–water partition coefficient (Wildman–Crippen LogP) is 1.36. The first-order valence-corrected chi connectivity index (χ1v) is 5.62. The average molecular weight is 225 g/mol. The number of rotatable bonds is 4. The molecule has 1 rings (SSSR count). The number of hydrogen-bond acceptors (Lipinski definition) is 3. The van der Waals surface area contributed by atoms with Crippen LogP contribution in [-0.4, -0.2) is 37.5 Å². The summed E-state index contributed by atoms with van der Waals surface area (Å²) >= 11 is 0. The second-order valence-electron chi connectivity index (χ2n) is 4.07. The second kappa shape index (κ2) is 6.30. The molecular weight excluding hydrogens is 206 g/mol. The molecule has 0 fully saturated rings. The minimum absolute atomic E-state index is 0.0904. The highest BCUT2D eigenvalue weighted by atomic mass is 16.5. The number of nitrogens with zero attached hydrogens (tertiary/aromatic N) is 1. The molecule has 16 heavy (non-hydrogen) atoms. The van der Waals surface area contributed by atoms with Crippen molar-refractivity contribution in [2.45, 2.75) is 25.7 Å². The van der Waals surface area contributed by atoms with Gasteiger partial charge in [-0.1, -0.05) is 12.2 Å². The summed E-state index contributed by atoms with van der Waals surface area (Å²) in [5.41, 5.74) is 0. The lowest BCUT2D eigenvalue weighted by atomic mass is 9.93. The Morgan fingerprint density at radius 2 is 2.19 bits per heavy atom. The molecule has 1 amide bonds. The van der Waals surface area contributed by atoms with Crippen molar-refractivity contribution in [3.63, 3.8) is 0 Å². The van der Waals surface area contributed by atoms with Crippen LogP contribution in [0.2, 0.25) is 0 Å². The van der Waals surface area contributed by atoms with Gasteiger partial charge in [0.05, 0.1) is 13.5 Å². The lowest BCUT2D eigenvalue weighted by Gasteiger charge is -2.24. The molecule has 1 atom stereocenters. The van der Waals surface area contributed by atoms with Gasteiger partial charge in [-0.25, -0.2) is 0 Å². The summed E-state index contributed by atoms with van der Waals surface area (Å²) in [7, 11) is 3.10. The molecule has 0 heterocycles.